The van der Waals surface area contributed by atoms with Crippen LogP contribution in [-0.4, -0.2) is 36.0 Å². The van der Waals surface area contributed by atoms with Crippen molar-refractivity contribution in [3.05, 3.63) is 47.7 Å². The van der Waals surface area contributed by atoms with E-state index in [-0.39, 0.29) is 5.91 Å². The number of rotatable bonds is 2. The van der Waals surface area contributed by atoms with Gasteiger partial charge < -0.3 is 14.6 Å². The summed E-state index contributed by atoms with van der Waals surface area (Å²) in [7, 11) is 0. The number of nitrogens with one attached hydrogen (secondary N) is 1. The lowest BCUT2D eigenvalue weighted by atomic mass is 10.1. The number of fused-ring (bicyclic) bond motifs is 2. The van der Waals surface area contributed by atoms with Gasteiger partial charge in [0.2, 0.25) is 0 Å². The second-order valence-corrected chi connectivity index (χ2v) is 6.58. The van der Waals surface area contributed by atoms with Crippen LogP contribution in [0.25, 0.3) is 11.3 Å². The van der Waals surface area contributed by atoms with Crippen molar-refractivity contribution < 1.29 is 9.21 Å². The summed E-state index contributed by atoms with van der Waals surface area (Å²) in [5, 5.41) is 3.45. The van der Waals surface area contributed by atoms with E-state index >= 15 is 0 Å². The molecule has 2 aliphatic heterocycles. The highest BCUT2D eigenvalue weighted by atomic mass is 16.3. The number of nitrogens with zero attached hydrogens (tertiary/aromatic N) is 1. The summed E-state index contributed by atoms with van der Waals surface area (Å²) < 4.78 is 5.69. The molecule has 4 heteroatoms. The minimum Gasteiger partial charge on any atom is -0.461 e. The Balaban J connectivity index is 1.64. The fourth-order valence-corrected chi connectivity index (χ4v) is 3.86. The first-order chi connectivity index (χ1) is 11.2. The lowest BCUT2D eigenvalue weighted by Gasteiger charge is -2.28. The third kappa shape index (κ3) is 2.68. The molecule has 0 aliphatic carbocycles. The summed E-state index contributed by atoms with van der Waals surface area (Å²) >= 11 is 0. The maximum atomic E-state index is 13.1. The van der Waals surface area contributed by atoms with E-state index in [9.17, 15) is 4.79 Å². The van der Waals surface area contributed by atoms with Crippen molar-refractivity contribution in [2.75, 3.05) is 13.1 Å². The maximum Gasteiger partial charge on any atom is 0.254 e. The summed E-state index contributed by atoms with van der Waals surface area (Å²) in [5.74, 6) is 1.86. The van der Waals surface area contributed by atoms with Crippen molar-refractivity contribution in [3.63, 3.8) is 0 Å². The van der Waals surface area contributed by atoms with Crippen molar-refractivity contribution in [2.24, 2.45) is 0 Å². The molecule has 2 saturated heterocycles. The number of benzene rings is 1. The van der Waals surface area contributed by atoms with E-state index < -0.39 is 0 Å². The molecule has 2 atom stereocenters. The van der Waals surface area contributed by atoms with Crippen molar-refractivity contribution in [2.45, 2.75) is 38.3 Å². The van der Waals surface area contributed by atoms with Gasteiger partial charge in [0.1, 0.15) is 11.5 Å². The molecule has 0 saturated carbocycles. The number of amides is 1. The molecule has 0 unspecified atom stereocenters. The Labute approximate surface area is 136 Å². The molecule has 2 aromatic rings. The van der Waals surface area contributed by atoms with E-state index in [1.54, 1.807) is 0 Å². The van der Waals surface area contributed by atoms with E-state index in [2.05, 4.69) is 10.2 Å². The SMILES string of the molecule is Cc1ccc(-c2cccc(C(=O)N3[C@@H]4CCNC[C@H]3CC4)c2)o1. The molecule has 2 aliphatic rings. The van der Waals surface area contributed by atoms with Gasteiger partial charge in [0.05, 0.1) is 0 Å². The Morgan fingerprint density at radius 1 is 1.17 bits per heavy atom. The summed E-state index contributed by atoms with van der Waals surface area (Å²) in [6.45, 7) is 3.86. The molecule has 23 heavy (non-hydrogen) atoms. The third-order valence-electron chi connectivity index (χ3n) is 5.02. The zero-order valence-corrected chi connectivity index (χ0v) is 13.4. The van der Waals surface area contributed by atoms with Gasteiger partial charge in [0, 0.05) is 29.8 Å². The minimum absolute atomic E-state index is 0.159. The van der Waals surface area contributed by atoms with E-state index in [1.165, 1.54) is 0 Å². The van der Waals surface area contributed by atoms with Crippen LogP contribution >= 0.6 is 0 Å². The fourth-order valence-electron chi connectivity index (χ4n) is 3.86. The summed E-state index contributed by atoms with van der Waals surface area (Å²) in [6, 6.07) is 12.4. The fraction of sp³-hybridized carbons (Fsp3) is 0.421. The predicted molar refractivity (Wildman–Crippen MR) is 89.3 cm³/mol. The molecule has 0 spiro atoms. The molecule has 1 N–H and O–H groups in total. The minimum atomic E-state index is 0.159. The Morgan fingerprint density at radius 2 is 2.04 bits per heavy atom. The number of carbonyl (C=O) groups is 1. The second-order valence-electron chi connectivity index (χ2n) is 6.58. The molecule has 120 valence electrons. The molecule has 4 nitrogen and oxygen atoms in total. The highest BCUT2D eigenvalue weighted by molar-refractivity contribution is 5.96. The van der Waals surface area contributed by atoms with Gasteiger partial charge in [-0.2, -0.15) is 0 Å². The zero-order chi connectivity index (χ0) is 15.8. The molecule has 4 rings (SSSR count). The monoisotopic (exact) mass is 310 g/mol. The Bertz CT molecular complexity index is 708. The quantitative estimate of drug-likeness (QED) is 0.926. The summed E-state index contributed by atoms with van der Waals surface area (Å²) in [4.78, 5) is 15.2. The van der Waals surface area contributed by atoms with Gasteiger partial charge in [-0.25, -0.2) is 0 Å². The highest BCUT2D eigenvalue weighted by Gasteiger charge is 2.38. The summed E-state index contributed by atoms with van der Waals surface area (Å²) in [5.41, 5.74) is 1.72. The lowest BCUT2D eigenvalue weighted by Crippen LogP contribution is -2.42. The van der Waals surface area contributed by atoms with Crippen molar-refractivity contribution >= 4 is 5.91 Å². The Morgan fingerprint density at radius 3 is 2.87 bits per heavy atom. The number of carbonyl (C=O) groups excluding carboxylic acids is 1. The van der Waals surface area contributed by atoms with E-state index in [0.717, 1.165) is 55.0 Å². The van der Waals surface area contributed by atoms with Gasteiger partial charge in [0.15, 0.2) is 0 Å². The van der Waals surface area contributed by atoms with Gasteiger partial charge in [-0.3, -0.25) is 4.79 Å². The molecule has 1 aromatic carbocycles. The van der Waals surface area contributed by atoms with Gasteiger partial charge >= 0.3 is 0 Å². The summed E-state index contributed by atoms with van der Waals surface area (Å²) in [6.07, 6.45) is 3.30. The van der Waals surface area contributed by atoms with Crippen LogP contribution in [0.4, 0.5) is 0 Å². The molecular formula is C19H22N2O2. The van der Waals surface area contributed by atoms with Crippen molar-refractivity contribution in [3.8, 4) is 11.3 Å². The molecule has 3 heterocycles. The van der Waals surface area contributed by atoms with E-state index in [4.69, 9.17) is 4.42 Å². The Hall–Kier alpha value is -2.07. The van der Waals surface area contributed by atoms with E-state index in [1.807, 2.05) is 43.3 Å². The van der Waals surface area contributed by atoms with Gasteiger partial charge in [-0.05, 0) is 57.0 Å². The first kappa shape index (κ1) is 14.5. The largest absolute Gasteiger partial charge is 0.461 e. The lowest BCUT2D eigenvalue weighted by molar-refractivity contribution is 0.0680. The van der Waals surface area contributed by atoms with Crippen molar-refractivity contribution in [1.82, 2.24) is 10.2 Å². The smallest absolute Gasteiger partial charge is 0.254 e. The topological polar surface area (TPSA) is 45.5 Å². The number of aryl methyl sites for hydroxylation is 1. The van der Waals surface area contributed by atoms with Gasteiger partial charge in [-0.1, -0.05) is 12.1 Å². The second kappa shape index (κ2) is 5.85. The van der Waals surface area contributed by atoms with Crippen LogP contribution in [0.3, 0.4) is 0 Å². The molecule has 0 radical (unpaired) electrons. The molecule has 2 fully saturated rings. The maximum absolute atomic E-state index is 13.1. The molecule has 1 amide bonds. The number of hydrogen-bond acceptors (Lipinski definition) is 3. The average molecular weight is 310 g/mol. The molecular weight excluding hydrogens is 288 g/mol. The van der Waals surface area contributed by atoms with Crippen LogP contribution in [-0.2, 0) is 0 Å². The number of hydrogen-bond donors (Lipinski definition) is 1. The van der Waals surface area contributed by atoms with Crippen LogP contribution < -0.4 is 5.32 Å². The van der Waals surface area contributed by atoms with Crippen LogP contribution in [0.1, 0.15) is 35.4 Å². The van der Waals surface area contributed by atoms with Crippen LogP contribution in [0.5, 0.6) is 0 Å². The first-order valence-electron chi connectivity index (χ1n) is 8.42. The predicted octanol–water partition coefficient (Wildman–Crippen LogP) is 3.22. The van der Waals surface area contributed by atoms with Crippen LogP contribution in [0, 0.1) is 6.92 Å². The van der Waals surface area contributed by atoms with Gasteiger partial charge in [-0.15, -0.1) is 0 Å². The average Bonchev–Trinajstić information content (AvgIpc) is 3.09. The van der Waals surface area contributed by atoms with Crippen molar-refractivity contribution in [1.29, 1.82) is 0 Å². The molecule has 2 bridgehead atoms. The number of furan rings is 1. The van der Waals surface area contributed by atoms with E-state index in [0.29, 0.717) is 12.1 Å². The molecule has 1 aromatic heterocycles. The highest BCUT2D eigenvalue weighted by Crippen LogP contribution is 2.30. The first-order valence-corrected chi connectivity index (χ1v) is 8.42. The van der Waals surface area contributed by atoms with Gasteiger partial charge in [0.25, 0.3) is 5.91 Å². The standard InChI is InChI=1S/C19H22N2O2/c1-13-5-8-18(23-13)14-3-2-4-15(11-14)19(22)21-16-6-7-17(21)12-20-10-9-16/h2-5,8,11,16-17,20H,6-7,9-10,12H2,1H3/t16-,17+/m0/s1. The Kier molecular flexibility index (Phi) is 3.69. The normalized spacial score (nSPS) is 23.8. The van der Waals surface area contributed by atoms with Crippen LogP contribution in [0.2, 0.25) is 0 Å². The zero-order valence-electron chi connectivity index (χ0n) is 13.4. The van der Waals surface area contributed by atoms with Crippen LogP contribution in [0.15, 0.2) is 40.8 Å². The third-order valence-corrected chi connectivity index (χ3v) is 5.02.